The van der Waals surface area contributed by atoms with Crippen LogP contribution in [0.4, 0.5) is 0 Å². The predicted molar refractivity (Wildman–Crippen MR) is 60.1 cm³/mol. The quantitative estimate of drug-likeness (QED) is 0.720. The fourth-order valence-electron chi connectivity index (χ4n) is 1.29. The molecule has 0 N–H and O–H groups in total. The molecule has 0 fully saturated rings. The molecule has 0 bridgehead atoms. The number of benzene rings is 1. The van der Waals surface area contributed by atoms with Gasteiger partial charge in [-0.25, -0.2) is 4.79 Å². The lowest BCUT2D eigenvalue weighted by Crippen LogP contribution is -2.05. The van der Waals surface area contributed by atoms with Crippen LogP contribution in [0.5, 0.6) is 11.5 Å². The molecule has 1 aromatic carbocycles. The summed E-state index contributed by atoms with van der Waals surface area (Å²) in [5.41, 5.74) is 0.464. The minimum atomic E-state index is -0.355. The van der Waals surface area contributed by atoms with E-state index in [1.54, 1.807) is 32.2 Å². The van der Waals surface area contributed by atoms with Crippen molar-refractivity contribution >= 4 is 5.97 Å². The number of hydrogen-bond acceptors (Lipinski definition) is 4. The molecule has 0 atom stereocenters. The standard InChI is InChI=1S/C12H16O4/c1-4-15-11-8-9(12(13)16-5-2)6-7-10(11)14-3/h6-8H,4-5H2,1-3H3. The first-order chi connectivity index (χ1) is 7.72. The van der Waals surface area contributed by atoms with Crippen LogP contribution >= 0.6 is 0 Å². The van der Waals surface area contributed by atoms with E-state index in [9.17, 15) is 4.79 Å². The van der Waals surface area contributed by atoms with Crippen LogP contribution in [0.3, 0.4) is 0 Å². The SMILES string of the molecule is CCOC(=O)c1ccc(OC)c(OCC)c1. The lowest BCUT2D eigenvalue weighted by Gasteiger charge is -2.10. The highest BCUT2D eigenvalue weighted by Crippen LogP contribution is 2.28. The molecule has 0 aliphatic heterocycles. The molecule has 0 saturated heterocycles. The van der Waals surface area contributed by atoms with Gasteiger partial charge in [0.2, 0.25) is 0 Å². The average Bonchev–Trinajstić information content (AvgIpc) is 2.29. The van der Waals surface area contributed by atoms with Crippen LogP contribution in [0.1, 0.15) is 24.2 Å². The smallest absolute Gasteiger partial charge is 0.338 e. The molecular weight excluding hydrogens is 208 g/mol. The molecule has 4 heteroatoms. The Balaban J connectivity index is 2.96. The van der Waals surface area contributed by atoms with Crippen LogP contribution in [-0.2, 0) is 4.74 Å². The van der Waals surface area contributed by atoms with E-state index in [4.69, 9.17) is 14.2 Å². The number of hydrogen-bond donors (Lipinski definition) is 0. The van der Waals surface area contributed by atoms with E-state index in [0.29, 0.717) is 30.3 Å². The van der Waals surface area contributed by atoms with Gasteiger partial charge in [-0.15, -0.1) is 0 Å². The van der Waals surface area contributed by atoms with E-state index in [0.717, 1.165) is 0 Å². The van der Waals surface area contributed by atoms with Gasteiger partial charge in [0, 0.05) is 0 Å². The van der Waals surface area contributed by atoms with E-state index >= 15 is 0 Å². The van der Waals surface area contributed by atoms with Gasteiger partial charge in [0.05, 0.1) is 25.9 Å². The van der Waals surface area contributed by atoms with Gasteiger partial charge in [-0.2, -0.15) is 0 Å². The normalized spacial score (nSPS) is 9.69. The minimum Gasteiger partial charge on any atom is -0.493 e. The Morgan fingerprint density at radius 1 is 1.19 bits per heavy atom. The highest BCUT2D eigenvalue weighted by molar-refractivity contribution is 5.90. The second kappa shape index (κ2) is 6.00. The Kier molecular flexibility index (Phi) is 4.64. The largest absolute Gasteiger partial charge is 0.493 e. The molecule has 88 valence electrons. The third-order valence-electron chi connectivity index (χ3n) is 1.97. The fraction of sp³-hybridized carbons (Fsp3) is 0.417. The van der Waals surface area contributed by atoms with Crippen molar-refractivity contribution in [1.82, 2.24) is 0 Å². The summed E-state index contributed by atoms with van der Waals surface area (Å²) in [6.07, 6.45) is 0. The topological polar surface area (TPSA) is 44.8 Å². The van der Waals surface area contributed by atoms with Crippen molar-refractivity contribution in [3.63, 3.8) is 0 Å². The summed E-state index contributed by atoms with van der Waals surface area (Å²) < 4.78 is 15.4. The van der Waals surface area contributed by atoms with Gasteiger partial charge in [-0.05, 0) is 32.0 Å². The second-order valence-corrected chi connectivity index (χ2v) is 3.02. The van der Waals surface area contributed by atoms with Gasteiger partial charge in [-0.3, -0.25) is 0 Å². The van der Waals surface area contributed by atoms with E-state index in [1.165, 1.54) is 0 Å². The minimum absolute atomic E-state index is 0.355. The first kappa shape index (κ1) is 12.4. The summed E-state index contributed by atoms with van der Waals surface area (Å²) in [7, 11) is 1.56. The summed E-state index contributed by atoms with van der Waals surface area (Å²) >= 11 is 0. The van der Waals surface area contributed by atoms with Crippen molar-refractivity contribution in [3.05, 3.63) is 23.8 Å². The lowest BCUT2D eigenvalue weighted by atomic mass is 10.2. The van der Waals surface area contributed by atoms with E-state index in [-0.39, 0.29) is 5.97 Å². The van der Waals surface area contributed by atoms with Crippen molar-refractivity contribution < 1.29 is 19.0 Å². The van der Waals surface area contributed by atoms with Crippen LogP contribution < -0.4 is 9.47 Å². The number of esters is 1. The van der Waals surface area contributed by atoms with Gasteiger partial charge >= 0.3 is 5.97 Å². The molecule has 0 spiro atoms. The maximum atomic E-state index is 11.5. The molecule has 0 saturated carbocycles. The van der Waals surface area contributed by atoms with Gasteiger partial charge in [-0.1, -0.05) is 0 Å². The molecule has 0 unspecified atom stereocenters. The first-order valence-electron chi connectivity index (χ1n) is 5.20. The fourth-order valence-corrected chi connectivity index (χ4v) is 1.29. The molecule has 0 aliphatic rings. The Morgan fingerprint density at radius 3 is 2.50 bits per heavy atom. The molecule has 0 radical (unpaired) electrons. The van der Waals surface area contributed by atoms with Gasteiger partial charge in [0.25, 0.3) is 0 Å². The molecule has 0 heterocycles. The zero-order valence-electron chi connectivity index (χ0n) is 9.78. The Labute approximate surface area is 95.1 Å². The first-order valence-corrected chi connectivity index (χ1v) is 5.20. The highest BCUT2D eigenvalue weighted by Gasteiger charge is 2.11. The Morgan fingerprint density at radius 2 is 1.94 bits per heavy atom. The molecule has 4 nitrogen and oxygen atoms in total. The molecular formula is C12H16O4. The maximum absolute atomic E-state index is 11.5. The zero-order valence-corrected chi connectivity index (χ0v) is 9.78. The van der Waals surface area contributed by atoms with Crippen LogP contribution in [0.15, 0.2) is 18.2 Å². The summed E-state index contributed by atoms with van der Waals surface area (Å²) in [6.45, 7) is 4.51. The monoisotopic (exact) mass is 224 g/mol. The van der Waals surface area contributed by atoms with Gasteiger partial charge in [0.1, 0.15) is 0 Å². The Bertz CT molecular complexity index is 360. The average molecular weight is 224 g/mol. The summed E-state index contributed by atoms with van der Waals surface area (Å²) in [5, 5.41) is 0. The summed E-state index contributed by atoms with van der Waals surface area (Å²) in [4.78, 5) is 11.5. The zero-order chi connectivity index (χ0) is 12.0. The van der Waals surface area contributed by atoms with Crippen molar-refractivity contribution in [2.45, 2.75) is 13.8 Å². The summed E-state index contributed by atoms with van der Waals surface area (Å²) in [6, 6.07) is 4.97. The van der Waals surface area contributed by atoms with Crippen molar-refractivity contribution in [1.29, 1.82) is 0 Å². The molecule has 0 aromatic heterocycles. The van der Waals surface area contributed by atoms with E-state index in [1.807, 2.05) is 6.92 Å². The van der Waals surface area contributed by atoms with Crippen molar-refractivity contribution in [3.8, 4) is 11.5 Å². The predicted octanol–water partition coefficient (Wildman–Crippen LogP) is 2.27. The Hall–Kier alpha value is -1.71. The molecule has 1 aromatic rings. The lowest BCUT2D eigenvalue weighted by molar-refractivity contribution is 0.0526. The van der Waals surface area contributed by atoms with E-state index < -0.39 is 0 Å². The number of ether oxygens (including phenoxy) is 3. The molecule has 1 rings (SSSR count). The number of carbonyl (C=O) groups excluding carboxylic acids is 1. The van der Waals surface area contributed by atoms with Crippen molar-refractivity contribution in [2.75, 3.05) is 20.3 Å². The highest BCUT2D eigenvalue weighted by atomic mass is 16.5. The van der Waals surface area contributed by atoms with Crippen LogP contribution in [0.2, 0.25) is 0 Å². The van der Waals surface area contributed by atoms with Crippen LogP contribution in [0, 0.1) is 0 Å². The molecule has 0 amide bonds. The van der Waals surface area contributed by atoms with E-state index in [2.05, 4.69) is 0 Å². The number of carbonyl (C=O) groups is 1. The second-order valence-electron chi connectivity index (χ2n) is 3.02. The number of methoxy groups -OCH3 is 1. The number of rotatable bonds is 5. The molecule has 16 heavy (non-hydrogen) atoms. The van der Waals surface area contributed by atoms with Crippen molar-refractivity contribution in [2.24, 2.45) is 0 Å². The third-order valence-corrected chi connectivity index (χ3v) is 1.97. The maximum Gasteiger partial charge on any atom is 0.338 e. The van der Waals surface area contributed by atoms with Gasteiger partial charge < -0.3 is 14.2 Å². The van der Waals surface area contributed by atoms with Crippen LogP contribution in [0.25, 0.3) is 0 Å². The summed E-state index contributed by atoms with van der Waals surface area (Å²) in [5.74, 6) is 0.802. The van der Waals surface area contributed by atoms with Gasteiger partial charge in [0.15, 0.2) is 11.5 Å². The molecule has 0 aliphatic carbocycles. The van der Waals surface area contributed by atoms with Crippen LogP contribution in [-0.4, -0.2) is 26.3 Å². The third kappa shape index (κ3) is 2.89.